The molecule has 0 bridgehead atoms. The van der Waals surface area contributed by atoms with E-state index in [0.717, 1.165) is 16.2 Å². The number of rotatable bonds is 4. The van der Waals surface area contributed by atoms with Crippen molar-refractivity contribution in [1.82, 2.24) is 30.2 Å². The van der Waals surface area contributed by atoms with E-state index in [4.69, 9.17) is 5.11 Å². The Labute approximate surface area is 108 Å². The van der Waals surface area contributed by atoms with Crippen LogP contribution in [0.3, 0.4) is 0 Å². The van der Waals surface area contributed by atoms with Gasteiger partial charge in [0.2, 0.25) is 5.16 Å². The van der Waals surface area contributed by atoms with Crippen molar-refractivity contribution in [2.45, 2.75) is 16.9 Å². The van der Waals surface area contributed by atoms with Gasteiger partial charge in [0, 0.05) is 12.4 Å². The van der Waals surface area contributed by atoms with Gasteiger partial charge in [0.05, 0.1) is 4.47 Å². The summed E-state index contributed by atoms with van der Waals surface area (Å²) in [4.78, 5) is 18.6. The summed E-state index contributed by atoms with van der Waals surface area (Å²) in [5.41, 5.74) is 0. The maximum atomic E-state index is 10.6. The molecule has 8 nitrogen and oxygen atoms in total. The van der Waals surface area contributed by atoms with Crippen LogP contribution in [0.2, 0.25) is 0 Å². The van der Waals surface area contributed by atoms with Crippen LogP contribution in [0.4, 0.5) is 0 Å². The number of hydrogen-bond donors (Lipinski definition) is 1. The van der Waals surface area contributed by atoms with Crippen molar-refractivity contribution >= 4 is 33.7 Å². The number of carboxylic acid groups (broad SMARTS) is 1. The summed E-state index contributed by atoms with van der Waals surface area (Å²) in [5, 5.41) is 20.1. The van der Waals surface area contributed by atoms with Gasteiger partial charge in [-0.05, 0) is 38.1 Å². The van der Waals surface area contributed by atoms with Crippen molar-refractivity contribution in [3.05, 3.63) is 16.9 Å². The lowest BCUT2D eigenvalue weighted by molar-refractivity contribution is -0.138. The van der Waals surface area contributed by atoms with Gasteiger partial charge >= 0.3 is 5.97 Å². The Bertz CT molecular complexity index is 529. The molecule has 0 amide bonds. The number of tetrazole rings is 1. The molecule has 10 heteroatoms. The third-order valence-electron chi connectivity index (χ3n) is 1.56. The Morgan fingerprint density at radius 1 is 1.47 bits per heavy atom. The molecule has 0 aliphatic heterocycles. The van der Waals surface area contributed by atoms with Crippen molar-refractivity contribution in [2.75, 3.05) is 0 Å². The highest BCUT2D eigenvalue weighted by Crippen LogP contribution is 2.21. The Morgan fingerprint density at radius 2 is 2.18 bits per heavy atom. The highest BCUT2D eigenvalue weighted by Gasteiger charge is 2.12. The monoisotopic (exact) mass is 316 g/mol. The Morgan fingerprint density at radius 3 is 2.82 bits per heavy atom. The van der Waals surface area contributed by atoms with E-state index in [-0.39, 0.29) is 6.54 Å². The summed E-state index contributed by atoms with van der Waals surface area (Å²) < 4.78 is 1.92. The molecule has 2 aromatic rings. The molecule has 2 aromatic heterocycles. The molecule has 0 aromatic carbocycles. The van der Waals surface area contributed by atoms with E-state index in [9.17, 15) is 4.79 Å². The van der Waals surface area contributed by atoms with Crippen LogP contribution in [-0.4, -0.2) is 41.3 Å². The lowest BCUT2D eigenvalue weighted by Crippen LogP contribution is -2.11. The molecule has 2 rings (SSSR count). The number of nitrogens with zero attached hydrogens (tertiary/aromatic N) is 6. The highest BCUT2D eigenvalue weighted by molar-refractivity contribution is 9.10. The number of carbonyl (C=O) groups is 1. The number of carboxylic acids is 1. The molecule has 0 atom stereocenters. The minimum absolute atomic E-state index is 0.300. The van der Waals surface area contributed by atoms with E-state index < -0.39 is 5.97 Å². The molecule has 0 saturated carbocycles. The molecule has 0 spiro atoms. The van der Waals surface area contributed by atoms with Gasteiger partial charge in [0.1, 0.15) is 6.54 Å². The van der Waals surface area contributed by atoms with Crippen molar-refractivity contribution in [2.24, 2.45) is 0 Å². The standard InChI is InChI=1S/C7H5BrN6O2S/c8-4-1-9-6(10-2-4)17-7-11-12-13-14(7)3-5(15)16/h1-2H,3H2,(H,15,16). The van der Waals surface area contributed by atoms with Crippen LogP contribution in [0, 0.1) is 0 Å². The molecule has 1 N–H and O–H groups in total. The van der Waals surface area contributed by atoms with Crippen LogP contribution < -0.4 is 0 Å². The van der Waals surface area contributed by atoms with E-state index in [1.807, 2.05) is 0 Å². The number of aliphatic carboxylic acids is 1. The van der Waals surface area contributed by atoms with Crippen molar-refractivity contribution in [1.29, 1.82) is 0 Å². The number of hydrogen-bond acceptors (Lipinski definition) is 7. The Balaban J connectivity index is 2.15. The first kappa shape index (κ1) is 11.9. The third kappa shape index (κ3) is 3.20. The summed E-state index contributed by atoms with van der Waals surface area (Å²) in [7, 11) is 0. The first-order valence-corrected chi connectivity index (χ1v) is 5.89. The Kier molecular flexibility index (Phi) is 3.64. The summed E-state index contributed by atoms with van der Waals surface area (Å²) >= 11 is 4.31. The average molecular weight is 317 g/mol. The van der Waals surface area contributed by atoms with Gasteiger partial charge < -0.3 is 5.11 Å². The van der Waals surface area contributed by atoms with Crippen LogP contribution in [0.5, 0.6) is 0 Å². The quantitative estimate of drug-likeness (QED) is 0.811. The molecule has 0 unspecified atom stereocenters. The molecular formula is C7H5BrN6O2S. The highest BCUT2D eigenvalue weighted by atomic mass is 79.9. The van der Waals surface area contributed by atoms with E-state index in [1.54, 1.807) is 12.4 Å². The predicted molar refractivity (Wildman–Crippen MR) is 59.3 cm³/mol. The molecule has 0 saturated heterocycles. The topological polar surface area (TPSA) is 107 Å². The predicted octanol–water partition coefficient (Wildman–Crippen LogP) is 0.461. The van der Waals surface area contributed by atoms with E-state index in [2.05, 4.69) is 41.4 Å². The smallest absolute Gasteiger partial charge is 0.325 e. The second kappa shape index (κ2) is 5.19. The molecular weight excluding hydrogens is 312 g/mol. The fourth-order valence-electron chi connectivity index (χ4n) is 0.932. The maximum Gasteiger partial charge on any atom is 0.325 e. The van der Waals surface area contributed by atoms with Crippen LogP contribution in [0.25, 0.3) is 0 Å². The normalized spacial score (nSPS) is 10.4. The summed E-state index contributed by atoms with van der Waals surface area (Å²) in [5.74, 6) is -1.02. The van der Waals surface area contributed by atoms with Crippen molar-refractivity contribution in [3.63, 3.8) is 0 Å². The van der Waals surface area contributed by atoms with Crippen molar-refractivity contribution in [3.8, 4) is 0 Å². The minimum Gasteiger partial charge on any atom is -0.480 e. The fraction of sp³-hybridized carbons (Fsp3) is 0.143. The SMILES string of the molecule is O=C(O)Cn1nnnc1Sc1ncc(Br)cn1. The van der Waals surface area contributed by atoms with Crippen LogP contribution in [0.15, 0.2) is 27.2 Å². The lowest BCUT2D eigenvalue weighted by atomic mass is 10.7. The largest absolute Gasteiger partial charge is 0.480 e. The molecule has 2 heterocycles. The minimum atomic E-state index is -1.02. The van der Waals surface area contributed by atoms with Gasteiger partial charge in [0.25, 0.3) is 0 Å². The molecule has 0 aliphatic rings. The summed E-state index contributed by atoms with van der Waals surface area (Å²) in [6, 6.07) is 0. The van der Waals surface area contributed by atoms with Crippen LogP contribution in [-0.2, 0) is 11.3 Å². The van der Waals surface area contributed by atoms with Crippen LogP contribution >= 0.6 is 27.7 Å². The molecule has 88 valence electrons. The molecule has 0 fully saturated rings. The first-order chi connectivity index (χ1) is 8.15. The third-order valence-corrected chi connectivity index (χ3v) is 2.84. The van der Waals surface area contributed by atoms with Gasteiger partial charge in [-0.15, -0.1) is 5.10 Å². The van der Waals surface area contributed by atoms with E-state index in [1.165, 1.54) is 4.68 Å². The maximum absolute atomic E-state index is 10.6. The lowest BCUT2D eigenvalue weighted by Gasteiger charge is -1.99. The molecule has 0 aliphatic carbocycles. The summed E-state index contributed by atoms with van der Waals surface area (Å²) in [6.45, 7) is -0.300. The van der Waals surface area contributed by atoms with Crippen molar-refractivity contribution < 1.29 is 9.90 Å². The molecule has 0 radical (unpaired) electrons. The average Bonchev–Trinajstić information content (AvgIpc) is 2.68. The number of halogens is 1. The first-order valence-electron chi connectivity index (χ1n) is 4.28. The molecule has 17 heavy (non-hydrogen) atoms. The van der Waals surface area contributed by atoms with Gasteiger partial charge in [-0.25, -0.2) is 14.6 Å². The van der Waals surface area contributed by atoms with E-state index in [0.29, 0.717) is 10.3 Å². The second-order valence-electron chi connectivity index (χ2n) is 2.80. The van der Waals surface area contributed by atoms with Crippen LogP contribution in [0.1, 0.15) is 0 Å². The second-order valence-corrected chi connectivity index (χ2v) is 4.65. The fourth-order valence-corrected chi connectivity index (χ4v) is 1.79. The number of aromatic nitrogens is 6. The van der Waals surface area contributed by atoms with Gasteiger partial charge in [0.15, 0.2) is 5.16 Å². The van der Waals surface area contributed by atoms with Gasteiger partial charge in [-0.1, -0.05) is 0 Å². The van der Waals surface area contributed by atoms with Gasteiger partial charge in [-0.2, -0.15) is 0 Å². The Hall–Kier alpha value is -1.55. The van der Waals surface area contributed by atoms with Gasteiger partial charge in [-0.3, -0.25) is 4.79 Å². The zero-order chi connectivity index (χ0) is 12.3. The summed E-state index contributed by atoms with van der Waals surface area (Å²) in [6.07, 6.45) is 3.17. The zero-order valence-corrected chi connectivity index (χ0v) is 10.6. The van der Waals surface area contributed by atoms with E-state index >= 15 is 0 Å². The zero-order valence-electron chi connectivity index (χ0n) is 8.19.